The van der Waals surface area contributed by atoms with Gasteiger partial charge in [-0.1, -0.05) is 23.2 Å². The highest BCUT2D eigenvalue weighted by Gasteiger charge is 2.59. The summed E-state index contributed by atoms with van der Waals surface area (Å²) in [6.07, 6.45) is 0.907. The van der Waals surface area contributed by atoms with Gasteiger partial charge in [-0.25, -0.2) is 14.7 Å². The summed E-state index contributed by atoms with van der Waals surface area (Å²) in [5.74, 6) is -2.54. The average molecular weight is 412 g/mol. The minimum absolute atomic E-state index is 0.0841. The molecule has 2 aliphatic heterocycles. The van der Waals surface area contributed by atoms with Gasteiger partial charge in [0.15, 0.2) is 5.54 Å². The van der Waals surface area contributed by atoms with Gasteiger partial charge in [0.05, 0.1) is 18.7 Å². The number of halogens is 2. The van der Waals surface area contributed by atoms with Crippen LogP contribution >= 0.6 is 23.2 Å². The zero-order chi connectivity index (χ0) is 19.9. The fourth-order valence-corrected chi connectivity index (χ4v) is 3.65. The van der Waals surface area contributed by atoms with E-state index in [0.717, 1.165) is 9.91 Å². The number of esters is 1. The van der Waals surface area contributed by atoms with Crippen molar-refractivity contribution >= 4 is 52.6 Å². The molecule has 3 rings (SSSR count). The fourth-order valence-electron chi connectivity index (χ4n) is 3.14. The summed E-state index contributed by atoms with van der Waals surface area (Å²) in [5, 5.41) is 1.45. The van der Waals surface area contributed by atoms with E-state index in [9.17, 15) is 19.2 Å². The molecule has 0 radical (unpaired) electrons. The molecule has 1 aromatic carbocycles. The molecule has 0 saturated carbocycles. The van der Waals surface area contributed by atoms with Gasteiger partial charge in [-0.3, -0.25) is 19.8 Å². The predicted molar refractivity (Wildman–Crippen MR) is 96.7 cm³/mol. The summed E-state index contributed by atoms with van der Waals surface area (Å²) < 4.78 is 4.91. The second-order valence-corrected chi connectivity index (χ2v) is 6.88. The van der Waals surface area contributed by atoms with Crippen LogP contribution in [0.4, 0.5) is 5.69 Å². The highest BCUT2D eigenvalue weighted by molar-refractivity contribution is 6.36. The number of hydrazine groups is 1. The fraction of sp³-hybridized carbons (Fsp3) is 0.294. The first-order valence-corrected chi connectivity index (χ1v) is 8.76. The van der Waals surface area contributed by atoms with E-state index >= 15 is 0 Å². The normalized spacial score (nSPS) is 21.6. The Bertz CT molecular complexity index is 880. The number of carbonyl (C=O) groups excluding carboxylic acids is 4. The first-order chi connectivity index (χ1) is 12.7. The molecule has 3 amide bonds. The third kappa shape index (κ3) is 3.15. The molecule has 0 bridgehead atoms. The Kier molecular flexibility index (Phi) is 4.88. The van der Waals surface area contributed by atoms with Crippen LogP contribution in [0.25, 0.3) is 0 Å². The van der Waals surface area contributed by atoms with E-state index < -0.39 is 29.2 Å². The third-order valence-electron chi connectivity index (χ3n) is 4.17. The third-order valence-corrected chi connectivity index (χ3v) is 4.61. The van der Waals surface area contributed by atoms with Gasteiger partial charge in [0, 0.05) is 17.0 Å². The number of carbonyl (C=O) groups is 4. The number of imide groups is 1. The zero-order valence-corrected chi connectivity index (χ0v) is 15.9. The van der Waals surface area contributed by atoms with Crippen molar-refractivity contribution in [3.8, 4) is 0 Å². The Morgan fingerprint density at radius 1 is 1.22 bits per heavy atom. The monoisotopic (exact) mass is 411 g/mol. The van der Waals surface area contributed by atoms with Crippen LogP contribution < -0.4 is 10.3 Å². The molecule has 10 heteroatoms. The lowest BCUT2D eigenvalue weighted by molar-refractivity contribution is -0.144. The maximum atomic E-state index is 13.2. The molecule has 2 aliphatic rings. The summed E-state index contributed by atoms with van der Waals surface area (Å²) in [7, 11) is 0. The van der Waals surface area contributed by atoms with E-state index in [1.54, 1.807) is 6.92 Å². The molecule has 1 saturated heterocycles. The number of hydrogen-bond donors (Lipinski definition) is 1. The Morgan fingerprint density at radius 3 is 2.41 bits per heavy atom. The molecular formula is C17H15Cl2N3O5. The van der Waals surface area contributed by atoms with Gasteiger partial charge < -0.3 is 4.74 Å². The molecule has 0 aromatic heterocycles. The van der Waals surface area contributed by atoms with E-state index in [2.05, 4.69) is 5.43 Å². The number of hydrogen-bond acceptors (Lipinski definition) is 6. The molecule has 0 aliphatic carbocycles. The van der Waals surface area contributed by atoms with E-state index in [1.807, 2.05) is 0 Å². The highest BCUT2D eigenvalue weighted by atomic mass is 35.5. The summed E-state index contributed by atoms with van der Waals surface area (Å²) in [6.45, 7) is 2.96. The Morgan fingerprint density at radius 2 is 1.85 bits per heavy atom. The van der Waals surface area contributed by atoms with Gasteiger partial charge in [0.1, 0.15) is 5.70 Å². The number of amides is 3. The molecule has 1 atom stereocenters. The molecule has 8 nitrogen and oxygen atoms in total. The maximum absolute atomic E-state index is 13.2. The molecule has 1 fully saturated rings. The van der Waals surface area contributed by atoms with Crippen molar-refractivity contribution in [3.63, 3.8) is 0 Å². The van der Waals surface area contributed by atoms with Crippen LogP contribution in [-0.2, 0) is 23.9 Å². The topological polar surface area (TPSA) is 96.0 Å². The maximum Gasteiger partial charge on any atom is 0.355 e. The second kappa shape index (κ2) is 6.86. The Hall–Kier alpha value is -2.58. The predicted octanol–water partition coefficient (Wildman–Crippen LogP) is 1.81. The van der Waals surface area contributed by atoms with Crippen LogP contribution in [0.1, 0.15) is 20.3 Å². The Labute approximate surface area is 164 Å². The quantitative estimate of drug-likeness (QED) is 0.601. The first kappa shape index (κ1) is 19.2. The minimum Gasteiger partial charge on any atom is -0.461 e. The van der Waals surface area contributed by atoms with Crippen LogP contribution in [0.15, 0.2) is 30.0 Å². The van der Waals surface area contributed by atoms with Crippen molar-refractivity contribution < 1.29 is 23.9 Å². The van der Waals surface area contributed by atoms with Gasteiger partial charge in [0.2, 0.25) is 11.8 Å². The van der Waals surface area contributed by atoms with Gasteiger partial charge in [-0.15, -0.1) is 0 Å². The standard InChI is InChI=1S/C17H15Cl2N3O5/c1-3-27-15(25)13-7-17(22(20-13)9(2)23)8-14(24)21(16(17)26)12-5-10(18)4-11(19)6-12/h4-7,20H,3,8H2,1-2H3/t17-/m1/s1. The molecule has 0 unspecified atom stereocenters. The van der Waals surface area contributed by atoms with Crippen LogP contribution in [0, 0.1) is 0 Å². The van der Waals surface area contributed by atoms with Crippen molar-refractivity contribution in [2.45, 2.75) is 25.8 Å². The molecule has 1 aromatic rings. The molecule has 142 valence electrons. The van der Waals surface area contributed by atoms with E-state index in [1.165, 1.54) is 31.2 Å². The molecule has 1 spiro atoms. The number of ether oxygens (including phenoxy) is 1. The summed E-state index contributed by atoms with van der Waals surface area (Å²) in [5.41, 5.74) is 1.00. The average Bonchev–Trinajstić information content (AvgIpc) is 3.06. The summed E-state index contributed by atoms with van der Waals surface area (Å²) >= 11 is 11.9. The van der Waals surface area contributed by atoms with Crippen LogP contribution in [-0.4, -0.2) is 40.8 Å². The SMILES string of the molecule is CCOC(=O)C1=C[C@]2(CC(=O)N(c3cc(Cl)cc(Cl)c3)C2=O)N(C(C)=O)N1. The van der Waals surface area contributed by atoms with Crippen molar-refractivity contribution in [2.24, 2.45) is 0 Å². The van der Waals surface area contributed by atoms with Gasteiger partial charge >= 0.3 is 5.97 Å². The minimum atomic E-state index is -1.67. The van der Waals surface area contributed by atoms with Crippen molar-refractivity contribution in [1.82, 2.24) is 10.4 Å². The number of rotatable bonds is 3. The van der Waals surface area contributed by atoms with Crippen LogP contribution in [0.2, 0.25) is 10.0 Å². The lowest BCUT2D eigenvalue weighted by Crippen LogP contribution is -2.56. The van der Waals surface area contributed by atoms with Crippen LogP contribution in [0.5, 0.6) is 0 Å². The number of nitrogens with zero attached hydrogens (tertiary/aromatic N) is 2. The summed E-state index contributed by atoms with van der Waals surface area (Å²) in [6, 6.07) is 4.29. The zero-order valence-electron chi connectivity index (χ0n) is 14.4. The van der Waals surface area contributed by atoms with Crippen molar-refractivity contribution in [1.29, 1.82) is 0 Å². The van der Waals surface area contributed by atoms with Gasteiger partial charge in [-0.2, -0.15) is 0 Å². The Balaban J connectivity index is 2.06. The van der Waals surface area contributed by atoms with Crippen LogP contribution in [0.3, 0.4) is 0 Å². The van der Waals surface area contributed by atoms with E-state index in [4.69, 9.17) is 27.9 Å². The van der Waals surface area contributed by atoms with Gasteiger partial charge in [0.25, 0.3) is 5.91 Å². The molecule has 2 heterocycles. The highest BCUT2D eigenvalue weighted by Crippen LogP contribution is 2.39. The van der Waals surface area contributed by atoms with Crippen molar-refractivity contribution in [3.05, 3.63) is 40.0 Å². The molecular weight excluding hydrogens is 397 g/mol. The first-order valence-electron chi connectivity index (χ1n) is 8.00. The van der Waals surface area contributed by atoms with Gasteiger partial charge in [-0.05, 0) is 31.2 Å². The largest absolute Gasteiger partial charge is 0.461 e. The lowest BCUT2D eigenvalue weighted by Gasteiger charge is -2.30. The number of anilines is 1. The molecule has 1 N–H and O–H groups in total. The van der Waals surface area contributed by atoms with E-state index in [0.29, 0.717) is 0 Å². The smallest absolute Gasteiger partial charge is 0.355 e. The summed E-state index contributed by atoms with van der Waals surface area (Å²) in [4.78, 5) is 50.9. The lowest BCUT2D eigenvalue weighted by atomic mass is 9.96. The molecule has 27 heavy (non-hydrogen) atoms. The van der Waals surface area contributed by atoms with Crippen molar-refractivity contribution in [2.75, 3.05) is 11.5 Å². The number of nitrogens with one attached hydrogen (secondary N) is 1. The second-order valence-electron chi connectivity index (χ2n) is 6.01. The van der Waals surface area contributed by atoms with E-state index in [-0.39, 0.29) is 34.5 Å². The number of benzene rings is 1.